The lowest BCUT2D eigenvalue weighted by Crippen LogP contribution is -2.22. The second-order valence-electron chi connectivity index (χ2n) is 3.75. The molecule has 1 aromatic rings. The highest BCUT2D eigenvalue weighted by Gasteiger charge is 2.28. The summed E-state index contributed by atoms with van der Waals surface area (Å²) >= 11 is 0. The number of benzene rings is 1. The van der Waals surface area contributed by atoms with Crippen LogP contribution in [-0.4, -0.2) is 21.4 Å². The monoisotopic (exact) mass is 256 g/mol. The summed E-state index contributed by atoms with van der Waals surface area (Å²) in [6.07, 6.45) is 0. The van der Waals surface area contributed by atoms with Crippen LogP contribution in [0, 0.1) is 0 Å². The van der Waals surface area contributed by atoms with Gasteiger partial charge in [0.05, 0.1) is 17.9 Å². The number of hydrogen-bond acceptors (Lipinski definition) is 4. The first-order chi connectivity index (χ1) is 7.95. The highest BCUT2D eigenvalue weighted by atomic mass is 32.2. The van der Waals surface area contributed by atoms with Gasteiger partial charge in [-0.05, 0) is 30.7 Å². The van der Waals surface area contributed by atoms with Crippen LogP contribution in [0.3, 0.4) is 0 Å². The number of carbonyl (C=O) groups is 1. The lowest BCUT2D eigenvalue weighted by Gasteiger charge is -2.07. The summed E-state index contributed by atoms with van der Waals surface area (Å²) in [7, 11) is -2.46. The van der Waals surface area contributed by atoms with E-state index in [1.807, 2.05) is 4.89 Å². The average molecular weight is 256 g/mol. The van der Waals surface area contributed by atoms with Crippen LogP contribution in [0.2, 0.25) is 0 Å². The van der Waals surface area contributed by atoms with E-state index in [2.05, 4.69) is 10.2 Å². The molecule has 0 aromatic heterocycles. The van der Waals surface area contributed by atoms with Crippen molar-refractivity contribution < 1.29 is 18.0 Å². The highest BCUT2D eigenvalue weighted by Crippen LogP contribution is 2.33. The predicted molar refractivity (Wildman–Crippen MR) is 60.8 cm³/mol. The minimum atomic E-state index is -3.68. The number of hydrogen-bond donors (Lipinski definition) is 2. The van der Waals surface area contributed by atoms with Gasteiger partial charge in [0.15, 0.2) is 0 Å². The van der Waals surface area contributed by atoms with Gasteiger partial charge in [-0.15, -0.1) is 0 Å². The maximum atomic E-state index is 11.7. The zero-order valence-corrected chi connectivity index (χ0v) is 10.2. The lowest BCUT2D eigenvalue weighted by atomic mass is 10.0. The van der Waals surface area contributed by atoms with Gasteiger partial charge in [0.2, 0.25) is 5.91 Å². The summed E-state index contributed by atoms with van der Waals surface area (Å²) in [4.78, 5) is 17.8. The van der Waals surface area contributed by atoms with Crippen LogP contribution in [0.25, 0.3) is 0 Å². The molecular formula is C10H12N2O4S. The van der Waals surface area contributed by atoms with E-state index in [0.29, 0.717) is 11.3 Å². The van der Waals surface area contributed by atoms with Crippen molar-refractivity contribution in [3.05, 3.63) is 23.8 Å². The smallest absolute Gasteiger partial charge is 0.262 e. The van der Waals surface area contributed by atoms with E-state index >= 15 is 0 Å². The normalized spacial score (nSPS) is 18.9. The maximum Gasteiger partial charge on any atom is 0.262 e. The minimum absolute atomic E-state index is 0.0708. The van der Waals surface area contributed by atoms with Gasteiger partial charge in [-0.2, -0.15) is 0 Å². The molecule has 0 saturated heterocycles. The van der Waals surface area contributed by atoms with Crippen LogP contribution in [0.1, 0.15) is 18.4 Å². The fraction of sp³-hybridized carbons (Fsp3) is 0.300. The van der Waals surface area contributed by atoms with Crippen molar-refractivity contribution in [2.24, 2.45) is 0 Å². The van der Waals surface area contributed by atoms with Crippen molar-refractivity contribution in [1.29, 1.82) is 0 Å². The van der Waals surface area contributed by atoms with Crippen molar-refractivity contribution >= 4 is 21.6 Å². The van der Waals surface area contributed by atoms with Crippen molar-refractivity contribution in [3.63, 3.8) is 0 Å². The average Bonchev–Trinajstić information content (AvgIpc) is 2.54. The van der Waals surface area contributed by atoms with Gasteiger partial charge in [0.1, 0.15) is 0 Å². The summed E-state index contributed by atoms with van der Waals surface area (Å²) < 4.78 is 23.4. The predicted octanol–water partition coefficient (Wildman–Crippen LogP) is 0.582. The maximum absolute atomic E-state index is 11.7. The Labute approximate surface area is 99.0 Å². The zero-order chi connectivity index (χ0) is 12.6. The van der Waals surface area contributed by atoms with E-state index in [9.17, 15) is 13.2 Å². The van der Waals surface area contributed by atoms with Crippen LogP contribution < -0.4 is 10.2 Å². The molecule has 1 heterocycles. The summed E-state index contributed by atoms with van der Waals surface area (Å²) in [6, 6.07) is 4.46. The van der Waals surface area contributed by atoms with Crippen molar-refractivity contribution in [2.75, 3.05) is 12.4 Å². The molecule has 2 rings (SSSR count). The molecule has 1 aliphatic heterocycles. The first-order valence-electron chi connectivity index (χ1n) is 4.95. The van der Waals surface area contributed by atoms with Gasteiger partial charge in [-0.1, -0.05) is 4.89 Å². The van der Waals surface area contributed by atoms with Crippen LogP contribution >= 0.6 is 0 Å². The largest absolute Gasteiger partial charge is 0.325 e. The molecule has 1 aliphatic rings. The Morgan fingerprint density at radius 3 is 2.76 bits per heavy atom. The summed E-state index contributed by atoms with van der Waals surface area (Å²) in [6.45, 7) is 1.72. The third-order valence-electron chi connectivity index (χ3n) is 2.64. The minimum Gasteiger partial charge on any atom is -0.325 e. The fourth-order valence-electron chi connectivity index (χ4n) is 1.72. The molecule has 7 heteroatoms. The number of amides is 1. The molecule has 0 saturated carbocycles. The molecule has 1 unspecified atom stereocenters. The molecule has 1 atom stereocenters. The van der Waals surface area contributed by atoms with Gasteiger partial charge in [-0.3, -0.25) is 9.63 Å². The number of anilines is 1. The van der Waals surface area contributed by atoms with E-state index in [1.54, 1.807) is 13.0 Å². The molecule has 17 heavy (non-hydrogen) atoms. The molecular weight excluding hydrogens is 244 g/mol. The standard InChI is InChI=1S/C10H12N2O4S/c1-6-8-5-7(17(14,15)12-16-2)3-4-9(8)11-10(6)13/h3-6,12H,1-2H3,(H,11,13). The molecule has 6 nitrogen and oxygen atoms in total. The highest BCUT2D eigenvalue weighted by molar-refractivity contribution is 7.89. The summed E-state index contributed by atoms with van der Waals surface area (Å²) in [5.74, 6) is -0.475. The van der Waals surface area contributed by atoms with E-state index < -0.39 is 10.0 Å². The Kier molecular flexibility index (Phi) is 2.90. The summed E-state index contributed by atoms with van der Waals surface area (Å²) in [5, 5.41) is 2.67. The Morgan fingerprint density at radius 2 is 2.12 bits per heavy atom. The van der Waals surface area contributed by atoms with Gasteiger partial charge >= 0.3 is 0 Å². The fourth-order valence-corrected chi connectivity index (χ4v) is 2.57. The van der Waals surface area contributed by atoms with Crippen LogP contribution in [0.15, 0.2) is 23.1 Å². The van der Waals surface area contributed by atoms with E-state index in [-0.39, 0.29) is 16.7 Å². The number of fused-ring (bicyclic) bond motifs is 1. The van der Waals surface area contributed by atoms with Crippen LogP contribution in [0.5, 0.6) is 0 Å². The van der Waals surface area contributed by atoms with Crippen molar-refractivity contribution in [3.8, 4) is 0 Å². The van der Waals surface area contributed by atoms with E-state index in [0.717, 1.165) is 0 Å². The number of nitrogens with one attached hydrogen (secondary N) is 2. The molecule has 1 aromatic carbocycles. The zero-order valence-electron chi connectivity index (χ0n) is 9.35. The molecule has 2 N–H and O–H groups in total. The molecule has 0 bridgehead atoms. The SMILES string of the molecule is CONS(=O)(=O)c1ccc2c(c1)C(C)C(=O)N2. The van der Waals surface area contributed by atoms with Crippen LogP contribution in [0.4, 0.5) is 5.69 Å². The van der Waals surface area contributed by atoms with Crippen molar-refractivity contribution in [2.45, 2.75) is 17.7 Å². The second kappa shape index (κ2) is 4.10. The molecule has 0 fully saturated rings. The molecule has 1 amide bonds. The molecule has 0 radical (unpaired) electrons. The Bertz CT molecular complexity index is 568. The lowest BCUT2D eigenvalue weighted by molar-refractivity contribution is -0.116. The first kappa shape index (κ1) is 12.0. The van der Waals surface area contributed by atoms with Gasteiger partial charge in [0.25, 0.3) is 10.0 Å². The Hall–Kier alpha value is -1.44. The Morgan fingerprint density at radius 1 is 1.41 bits per heavy atom. The Balaban J connectivity index is 2.46. The molecule has 92 valence electrons. The first-order valence-corrected chi connectivity index (χ1v) is 6.43. The number of rotatable bonds is 3. The quantitative estimate of drug-likeness (QED) is 0.775. The van der Waals surface area contributed by atoms with E-state index in [1.165, 1.54) is 19.2 Å². The molecule has 0 aliphatic carbocycles. The topological polar surface area (TPSA) is 84.5 Å². The number of sulfonamides is 1. The number of carbonyl (C=O) groups excluding carboxylic acids is 1. The molecule has 0 spiro atoms. The summed E-state index contributed by atoms with van der Waals surface area (Å²) in [5.41, 5.74) is 1.33. The third kappa shape index (κ3) is 2.04. The van der Waals surface area contributed by atoms with Crippen molar-refractivity contribution in [1.82, 2.24) is 4.89 Å². The van der Waals surface area contributed by atoms with Gasteiger partial charge in [0, 0.05) is 5.69 Å². The third-order valence-corrected chi connectivity index (χ3v) is 3.90. The van der Waals surface area contributed by atoms with Crippen LogP contribution in [-0.2, 0) is 19.7 Å². The second-order valence-corrected chi connectivity index (χ2v) is 5.40. The van der Waals surface area contributed by atoms with Gasteiger partial charge in [-0.25, -0.2) is 8.42 Å². The van der Waals surface area contributed by atoms with E-state index in [4.69, 9.17) is 0 Å². The van der Waals surface area contributed by atoms with Gasteiger partial charge < -0.3 is 5.32 Å².